The number of methoxy groups -OCH3 is 2. The average Bonchev–Trinajstić information content (AvgIpc) is 3.00. The number of nitrogens with zero attached hydrogens (tertiary/aromatic N) is 3. The van der Waals surface area contributed by atoms with E-state index in [1.165, 1.54) is 28.1 Å². The predicted molar refractivity (Wildman–Crippen MR) is 65.2 cm³/mol. The number of hydrogen-bond acceptors (Lipinski definition) is 8. The SMILES string of the molecule is CO[C@]1(C)O[C@](N)(OC)[C@@]2(C#N)C(C#N)(C#N)[C@@]12C(C)=O. The lowest BCUT2D eigenvalue weighted by molar-refractivity contribution is -0.335. The lowest BCUT2D eigenvalue weighted by atomic mass is 9.82. The Hall–Kier alpha value is -2.02. The summed E-state index contributed by atoms with van der Waals surface area (Å²) in [5, 5.41) is 28.7. The van der Waals surface area contributed by atoms with E-state index in [1.54, 1.807) is 12.1 Å². The van der Waals surface area contributed by atoms with Crippen molar-refractivity contribution in [3.05, 3.63) is 0 Å². The van der Waals surface area contributed by atoms with Gasteiger partial charge in [-0.3, -0.25) is 10.5 Å². The zero-order valence-electron chi connectivity index (χ0n) is 12.1. The molecule has 1 saturated carbocycles. The number of carbonyl (C=O) groups excluding carboxylic acids is 1. The maximum Gasteiger partial charge on any atom is 0.250 e. The second-order valence-electron chi connectivity index (χ2n) is 5.27. The zero-order chi connectivity index (χ0) is 16.3. The number of hydrogen-bond donors (Lipinski definition) is 1. The molecule has 4 atom stereocenters. The fourth-order valence-corrected chi connectivity index (χ4v) is 4.05. The van der Waals surface area contributed by atoms with E-state index in [-0.39, 0.29) is 0 Å². The molecule has 0 amide bonds. The third kappa shape index (κ3) is 0.994. The van der Waals surface area contributed by atoms with Crippen LogP contribution in [0.1, 0.15) is 13.8 Å². The van der Waals surface area contributed by atoms with Gasteiger partial charge in [0.25, 0.3) is 5.91 Å². The fraction of sp³-hybridized carbons (Fsp3) is 0.692. The summed E-state index contributed by atoms with van der Waals surface area (Å²) in [5.41, 5.74) is 0.128. The maximum atomic E-state index is 12.4. The minimum atomic E-state index is -2.12. The van der Waals surface area contributed by atoms with Crippen molar-refractivity contribution in [2.45, 2.75) is 25.5 Å². The highest BCUT2D eigenvalue weighted by atomic mass is 16.8. The molecule has 0 spiro atoms. The molecule has 1 heterocycles. The number of nitriles is 3. The number of carbonyl (C=O) groups is 1. The molecule has 1 aliphatic heterocycles. The van der Waals surface area contributed by atoms with Gasteiger partial charge in [-0.25, -0.2) is 0 Å². The molecule has 2 fully saturated rings. The van der Waals surface area contributed by atoms with E-state index in [0.29, 0.717) is 0 Å². The molecular formula is C13H14N4O4. The number of rotatable bonds is 3. The number of ketones is 1. The summed E-state index contributed by atoms with van der Waals surface area (Å²) in [6.45, 7) is 2.54. The topological polar surface area (TPSA) is 142 Å². The first-order valence-corrected chi connectivity index (χ1v) is 6.05. The van der Waals surface area contributed by atoms with Crippen LogP contribution in [0.25, 0.3) is 0 Å². The second-order valence-corrected chi connectivity index (χ2v) is 5.27. The third-order valence-electron chi connectivity index (χ3n) is 4.90. The summed E-state index contributed by atoms with van der Waals surface area (Å²) in [4.78, 5) is 12.4. The van der Waals surface area contributed by atoms with E-state index in [9.17, 15) is 20.6 Å². The van der Waals surface area contributed by atoms with Crippen LogP contribution in [0.3, 0.4) is 0 Å². The van der Waals surface area contributed by atoms with Crippen LogP contribution in [-0.2, 0) is 19.0 Å². The van der Waals surface area contributed by atoms with Gasteiger partial charge in [0, 0.05) is 14.2 Å². The largest absolute Gasteiger partial charge is 0.352 e. The number of Topliss-reactive ketones (excluding diaryl/α,β-unsaturated/α-hetero) is 1. The summed E-state index contributed by atoms with van der Waals surface area (Å²) in [6, 6.07) is 5.38. The highest BCUT2D eigenvalue weighted by Gasteiger charge is 3.08. The molecule has 0 aromatic carbocycles. The molecule has 110 valence electrons. The molecule has 8 nitrogen and oxygen atoms in total. The van der Waals surface area contributed by atoms with Gasteiger partial charge in [-0.1, -0.05) is 0 Å². The van der Waals surface area contributed by atoms with Gasteiger partial charge < -0.3 is 14.2 Å². The smallest absolute Gasteiger partial charge is 0.250 e. The van der Waals surface area contributed by atoms with E-state index >= 15 is 0 Å². The molecule has 21 heavy (non-hydrogen) atoms. The quantitative estimate of drug-likeness (QED) is 0.702. The highest BCUT2D eigenvalue weighted by Crippen LogP contribution is 2.89. The van der Waals surface area contributed by atoms with Gasteiger partial charge >= 0.3 is 0 Å². The van der Waals surface area contributed by atoms with Crippen molar-refractivity contribution in [3.8, 4) is 18.2 Å². The minimum absolute atomic E-state index is 0.596. The van der Waals surface area contributed by atoms with Crippen LogP contribution in [0, 0.1) is 50.2 Å². The highest BCUT2D eigenvalue weighted by molar-refractivity contribution is 5.95. The van der Waals surface area contributed by atoms with Crippen LogP contribution < -0.4 is 5.73 Å². The number of ether oxygens (including phenoxy) is 3. The van der Waals surface area contributed by atoms with E-state index in [1.807, 2.05) is 6.07 Å². The van der Waals surface area contributed by atoms with Gasteiger partial charge in [-0.2, -0.15) is 15.8 Å². The van der Waals surface area contributed by atoms with Crippen molar-refractivity contribution in [2.75, 3.05) is 14.2 Å². The van der Waals surface area contributed by atoms with Gasteiger partial charge in [-0.15, -0.1) is 0 Å². The molecule has 0 unspecified atom stereocenters. The standard InChI is InChI=1S/C13H14N4O4/c1-8(18)12-9(2,19-3)21-13(17,20-4)11(12,7-16)10(12,5-14)6-15/h17H2,1-4H3/t9-,11+,12-,13-/m1/s1. The molecule has 1 aliphatic carbocycles. The Kier molecular flexibility index (Phi) is 2.77. The Balaban J connectivity index is 2.97. The average molecular weight is 290 g/mol. The summed E-state index contributed by atoms with van der Waals surface area (Å²) in [6.07, 6.45) is 0. The minimum Gasteiger partial charge on any atom is -0.352 e. The van der Waals surface area contributed by atoms with E-state index < -0.39 is 33.7 Å². The van der Waals surface area contributed by atoms with Crippen LogP contribution in [0.15, 0.2) is 0 Å². The third-order valence-corrected chi connectivity index (χ3v) is 4.90. The van der Waals surface area contributed by atoms with Crippen molar-refractivity contribution >= 4 is 5.78 Å². The zero-order valence-corrected chi connectivity index (χ0v) is 12.1. The van der Waals surface area contributed by atoms with Crippen LogP contribution in [-0.4, -0.2) is 31.7 Å². The summed E-state index contributed by atoms with van der Waals surface area (Å²) >= 11 is 0. The Labute approximate surface area is 121 Å². The first kappa shape index (κ1) is 15.4. The van der Waals surface area contributed by atoms with Gasteiger partial charge in [0.2, 0.25) is 0 Å². The molecule has 1 saturated heterocycles. The molecule has 0 aromatic rings. The van der Waals surface area contributed by atoms with Crippen LogP contribution in [0.5, 0.6) is 0 Å². The van der Waals surface area contributed by atoms with Gasteiger partial charge in [0.05, 0.1) is 18.2 Å². The first-order valence-electron chi connectivity index (χ1n) is 6.05. The van der Waals surface area contributed by atoms with E-state index in [0.717, 1.165) is 0 Å². The normalized spacial score (nSPS) is 45.8. The maximum absolute atomic E-state index is 12.4. The van der Waals surface area contributed by atoms with Crippen molar-refractivity contribution in [2.24, 2.45) is 22.0 Å². The second kappa shape index (κ2) is 3.79. The molecule has 0 bridgehead atoms. The lowest BCUT2D eigenvalue weighted by Gasteiger charge is -2.37. The Morgan fingerprint density at radius 1 is 1.14 bits per heavy atom. The van der Waals surface area contributed by atoms with Crippen molar-refractivity contribution in [3.63, 3.8) is 0 Å². The molecule has 0 aromatic heterocycles. The molecule has 2 rings (SSSR count). The van der Waals surface area contributed by atoms with Crippen molar-refractivity contribution in [1.29, 1.82) is 15.8 Å². The molecule has 8 heteroatoms. The van der Waals surface area contributed by atoms with Gasteiger partial charge in [0.15, 0.2) is 16.6 Å². The molecule has 2 N–H and O–H groups in total. The molecular weight excluding hydrogens is 276 g/mol. The Morgan fingerprint density at radius 3 is 1.95 bits per heavy atom. The van der Waals surface area contributed by atoms with Crippen LogP contribution >= 0.6 is 0 Å². The van der Waals surface area contributed by atoms with Gasteiger partial charge in [0.1, 0.15) is 11.2 Å². The predicted octanol–water partition coefficient (Wildman–Crippen LogP) is -0.229. The summed E-state index contributed by atoms with van der Waals surface area (Å²) in [7, 11) is 2.41. The van der Waals surface area contributed by atoms with Gasteiger partial charge in [-0.05, 0) is 13.8 Å². The fourth-order valence-electron chi connectivity index (χ4n) is 4.05. The number of nitrogens with two attached hydrogens (primary N) is 1. The Bertz CT molecular complexity index is 645. The molecule has 2 aliphatic rings. The van der Waals surface area contributed by atoms with Crippen LogP contribution in [0.2, 0.25) is 0 Å². The van der Waals surface area contributed by atoms with E-state index in [4.69, 9.17) is 19.9 Å². The lowest BCUT2D eigenvalue weighted by Crippen LogP contribution is -2.55. The molecule has 0 radical (unpaired) electrons. The van der Waals surface area contributed by atoms with Crippen LogP contribution in [0.4, 0.5) is 0 Å². The van der Waals surface area contributed by atoms with Crippen molar-refractivity contribution < 1.29 is 19.0 Å². The number of fused-ring (bicyclic) bond motifs is 1. The summed E-state index contributed by atoms with van der Waals surface area (Å²) < 4.78 is 15.8. The first-order chi connectivity index (χ1) is 9.70. The van der Waals surface area contributed by atoms with Crippen molar-refractivity contribution in [1.82, 2.24) is 0 Å². The summed E-state index contributed by atoms with van der Waals surface area (Å²) in [5.74, 6) is -4.46. The Morgan fingerprint density at radius 2 is 1.67 bits per heavy atom. The monoisotopic (exact) mass is 290 g/mol. The van der Waals surface area contributed by atoms with E-state index in [2.05, 4.69) is 0 Å².